The van der Waals surface area contributed by atoms with Crippen LogP contribution in [0, 0.1) is 16.0 Å². The molecule has 0 aromatic carbocycles. The molecule has 1 atom stereocenters. The van der Waals surface area contributed by atoms with E-state index in [2.05, 4.69) is 9.98 Å². The van der Waals surface area contributed by atoms with Gasteiger partial charge in [-0.2, -0.15) is 4.99 Å². The third-order valence-electron chi connectivity index (χ3n) is 3.54. The first-order chi connectivity index (χ1) is 11.0. The number of aromatic nitrogens is 1. The molecule has 0 amide bonds. The molecule has 1 aliphatic rings. The van der Waals surface area contributed by atoms with Crippen molar-refractivity contribution in [1.82, 2.24) is 9.88 Å². The van der Waals surface area contributed by atoms with Crippen molar-refractivity contribution >= 4 is 23.4 Å². The summed E-state index contributed by atoms with van der Waals surface area (Å²) in [7, 11) is 0. The molecule has 1 saturated heterocycles. The van der Waals surface area contributed by atoms with Crippen LogP contribution in [0.15, 0.2) is 23.3 Å². The van der Waals surface area contributed by atoms with Gasteiger partial charge in [-0.1, -0.05) is 0 Å². The molecule has 0 saturated carbocycles. The molecule has 1 aromatic heterocycles. The number of esters is 1. The molecule has 9 nitrogen and oxygen atoms in total. The highest BCUT2D eigenvalue weighted by Crippen LogP contribution is 2.19. The Morgan fingerprint density at radius 3 is 3.00 bits per heavy atom. The molecule has 2 rings (SSSR count). The molecule has 23 heavy (non-hydrogen) atoms. The second-order valence-corrected chi connectivity index (χ2v) is 5.14. The van der Waals surface area contributed by atoms with E-state index in [0.29, 0.717) is 19.7 Å². The predicted octanol–water partition coefficient (Wildman–Crippen LogP) is 1.21. The van der Waals surface area contributed by atoms with Gasteiger partial charge in [0.05, 0.1) is 17.4 Å². The molecule has 124 valence electrons. The number of ether oxygens (including phenoxy) is 1. The number of nitro groups is 1. The SMILES string of the molecule is CCOC(=O)[C@H]1CCCN(C(N)=Nc2ccc([N+](=O)[O-])cn2)C1. The first kappa shape index (κ1) is 16.7. The number of pyridine rings is 1. The Labute approximate surface area is 133 Å². The van der Waals surface area contributed by atoms with E-state index in [1.807, 2.05) is 0 Å². The van der Waals surface area contributed by atoms with Crippen LogP contribution >= 0.6 is 0 Å². The van der Waals surface area contributed by atoms with Gasteiger partial charge < -0.3 is 15.4 Å². The van der Waals surface area contributed by atoms with E-state index in [1.54, 1.807) is 11.8 Å². The lowest BCUT2D eigenvalue weighted by Crippen LogP contribution is -2.46. The Morgan fingerprint density at radius 2 is 2.39 bits per heavy atom. The van der Waals surface area contributed by atoms with Crippen LogP contribution in [-0.4, -0.2) is 46.4 Å². The third-order valence-corrected chi connectivity index (χ3v) is 3.54. The minimum atomic E-state index is -0.529. The number of guanidine groups is 1. The monoisotopic (exact) mass is 321 g/mol. The molecular weight excluding hydrogens is 302 g/mol. The molecule has 1 aromatic rings. The van der Waals surface area contributed by atoms with Crippen LogP contribution in [0.2, 0.25) is 0 Å². The number of hydrogen-bond acceptors (Lipinski definition) is 6. The highest BCUT2D eigenvalue weighted by Gasteiger charge is 2.27. The van der Waals surface area contributed by atoms with E-state index < -0.39 is 4.92 Å². The van der Waals surface area contributed by atoms with Crippen molar-refractivity contribution in [2.45, 2.75) is 19.8 Å². The van der Waals surface area contributed by atoms with Gasteiger partial charge in [0.2, 0.25) is 0 Å². The molecule has 2 N–H and O–H groups in total. The lowest BCUT2D eigenvalue weighted by atomic mass is 9.98. The van der Waals surface area contributed by atoms with Crippen LogP contribution in [-0.2, 0) is 9.53 Å². The predicted molar refractivity (Wildman–Crippen MR) is 83.1 cm³/mol. The van der Waals surface area contributed by atoms with Crippen molar-refractivity contribution in [1.29, 1.82) is 0 Å². The maximum Gasteiger partial charge on any atom is 0.310 e. The van der Waals surface area contributed by atoms with Crippen molar-refractivity contribution in [2.75, 3.05) is 19.7 Å². The first-order valence-corrected chi connectivity index (χ1v) is 7.37. The summed E-state index contributed by atoms with van der Waals surface area (Å²) >= 11 is 0. The van der Waals surface area contributed by atoms with Gasteiger partial charge in [0.1, 0.15) is 6.20 Å². The largest absolute Gasteiger partial charge is 0.466 e. The average Bonchev–Trinajstić information content (AvgIpc) is 2.55. The molecule has 0 radical (unpaired) electrons. The average molecular weight is 321 g/mol. The molecule has 0 bridgehead atoms. The van der Waals surface area contributed by atoms with E-state index >= 15 is 0 Å². The lowest BCUT2D eigenvalue weighted by molar-refractivity contribution is -0.385. The Kier molecular flexibility index (Phi) is 5.45. The van der Waals surface area contributed by atoms with E-state index in [0.717, 1.165) is 19.0 Å². The summed E-state index contributed by atoms with van der Waals surface area (Å²) in [6.07, 6.45) is 2.70. The van der Waals surface area contributed by atoms with Gasteiger partial charge >= 0.3 is 5.97 Å². The Balaban J connectivity index is 2.04. The number of aliphatic imine (C=N–C) groups is 1. The number of carbonyl (C=O) groups is 1. The highest BCUT2D eigenvalue weighted by molar-refractivity contribution is 5.82. The second-order valence-electron chi connectivity index (χ2n) is 5.14. The van der Waals surface area contributed by atoms with Gasteiger partial charge in [0.25, 0.3) is 5.69 Å². The zero-order valence-corrected chi connectivity index (χ0v) is 12.8. The number of likely N-dealkylation sites (tertiary alicyclic amines) is 1. The summed E-state index contributed by atoms with van der Waals surface area (Å²) < 4.78 is 5.04. The minimum Gasteiger partial charge on any atom is -0.466 e. The zero-order chi connectivity index (χ0) is 16.8. The summed E-state index contributed by atoms with van der Waals surface area (Å²) in [5, 5.41) is 10.6. The summed E-state index contributed by atoms with van der Waals surface area (Å²) in [6, 6.07) is 2.74. The van der Waals surface area contributed by atoms with Crippen LogP contribution in [0.1, 0.15) is 19.8 Å². The van der Waals surface area contributed by atoms with Crippen LogP contribution < -0.4 is 5.73 Å². The summed E-state index contributed by atoms with van der Waals surface area (Å²) in [5.41, 5.74) is 5.86. The first-order valence-electron chi connectivity index (χ1n) is 7.37. The molecule has 1 fully saturated rings. The summed E-state index contributed by atoms with van der Waals surface area (Å²) in [6.45, 7) is 3.26. The van der Waals surface area contributed by atoms with Gasteiger partial charge in [0.15, 0.2) is 11.8 Å². The highest BCUT2D eigenvalue weighted by atomic mass is 16.6. The van der Waals surface area contributed by atoms with Crippen molar-refractivity contribution in [2.24, 2.45) is 16.6 Å². The normalized spacial score (nSPS) is 18.6. The van der Waals surface area contributed by atoms with Crippen molar-refractivity contribution in [3.05, 3.63) is 28.4 Å². The Morgan fingerprint density at radius 1 is 1.61 bits per heavy atom. The molecule has 2 heterocycles. The molecule has 1 aliphatic heterocycles. The van der Waals surface area contributed by atoms with Gasteiger partial charge in [-0.25, -0.2) is 4.98 Å². The third kappa shape index (κ3) is 4.38. The van der Waals surface area contributed by atoms with E-state index in [1.165, 1.54) is 12.1 Å². The van der Waals surface area contributed by atoms with Crippen molar-refractivity contribution in [3.63, 3.8) is 0 Å². The van der Waals surface area contributed by atoms with Crippen LogP contribution in [0.3, 0.4) is 0 Å². The summed E-state index contributed by atoms with van der Waals surface area (Å²) in [4.78, 5) is 31.7. The van der Waals surface area contributed by atoms with Gasteiger partial charge in [-0.3, -0.25) is 14.9 Å². The molecule has 0 unspecified atom stereocenters. The Hall–Kier alpha value is -2.71. The number of hydrogen-bond donors (Lipinski definition) is 1. The van der Waals surface area contributed by atoms with Crippen molar-refractivity contribution < 1.29 is 14.5 Å². The standard InChI is InChI=1S/C14H19N5O4/c1-2-23-13(20)10-4-3-7-18(9-10)14(15)17-12-6-5-11(8-16-12)19(21)22/h5-6,8,10H,2-4,7,9H2,1H3,(H2,15,16,17)/t10-/m0/s1. The smallest absolute Gasteiger partial charge is 0.310 e. The fourth-order valence-electron chi connectivity index (χ4n) is 2.38. The van der Waals surface area contributed by atoms with E-state index in [4.69, 9.17) is 10.5 Å². The molecule has 0 spiro atoms. The van der Waals surface area contributed by atoms with E-state index in [-0.39, 0.29) is 29.4 Å². The molecule has 0 aliphatic carbocycles. The quantitative estimate of drug-likeness (QED) is 0.290. The maximum absolute atomic E-state index is 11.8. The van der Waals surface area contributed by atoms with Crippen molar-refractivity contribution in [3.8, 4) is 0 Å². The number of nitrogens with zero attached hydrogens (tertiary/aromatic N) is 4. The van der Waals surface area contributed by atoms with Crippen LogP contribution in [0.5, 0.6) is 0 Å². The fourth-order valence-corrected chi connectivity index (χ4v) is 2.38. The van der Waals surface area contributed by atoms with Crippen LogP contribution in [0.25, 0.3) is 0 Å². The Bertz CT molecular complexity index is 602. The van der Waals surface area contributed by atoms with Gasteiger partial charge in [0, 0.05) is 19.2 Å². The second kappa shape index (κ2) is 7.52. The molecular formula is C14H19N5O4. The van der Waals surface area contributed by atoms with Crippen LogP contribution in [0.4, 0.5) is 11.5 Å². The fraction of sp³-hybridized carbons (Fsp3) is 0.500. The molecule has 9 heteroatoms. The minimum absolute atomic E-state index is 0.108. The van der Waals surface area contributed by atoms with Gasteiger partial charge in [-0.15, -0.1) is 0 Å². The topological polar surface area (TPSA) is 124 Å². The summed E-state index contributed by atoms with van der Waals surface area (Å²) in [5.74, 6) is 0.0763. The lowest BCUT2D eigenvalue weighted by Gasteiger charge is -2.32. The maximum atomic E-state index is 11.8. The van der Waals surface area contributed by atoms with Gasteiger partial charge in [-0.05, 0) is 25.8 Å². The van der Waals surface area contributed by atoms with E-state index in [9.17, 15) is 14.9 Å². The number of carbonyl (C=O) groups excluding carboxylic acids is 1. The number of piperidine rings is 1. The zero-order valence-electron chi connectivity index (χ0n) is 12.8. The number of nitrogens with two attached hydrogens (primary N) is 1. The number of rotatable bonds is 4.